The Morgan fingerprint density at radius 2 is 1.86 bits per heavy atom. The van der Waals surface area contributed by atoms with E-state index in [-0.39, 0.29) is 0 Å². The monoisotopic (exact) mass is 374 g/mol. The molecule has 2 amide bonds. The van der Waals surface area contributed by atoms with Gasteiger partial charge in [-0.15, -0.1) is 0 Å². The Balaban J connectivity index is 1.69. The molecule has 140 valence electrons. The number of nitrogens with zero attached hydrogens (tertiary/aromatic N) is 3. The molecular weight excluding hydrogens is 356 g/mol. The van der Waals surface area contributed by atoms with E-state index in [9.17, 15) is 9.59 Å². The van der Waals surface area contributed by atoms with E-state index in [1.54, 1.807) is 35.3 Å². The molecule has 0 saturated heterocycles. The summed E-state index contributed by atoms with van der Waals surface area (Å²) in [5.74, 6) is -0.878. The molecule has 3 aromatic heterocycles. The molecule has 28 heavy (non-hydrogen) atoms. The summed E-state index contributed by atoms with van der Waals surface area (Å²) in [6.45, 7) is 2.58. The molecule has 0 spiro atoms. The lowest BCUT2D eigenvalue weighted by molar-refractivity contribution is 0.0845. The number of hydrogen-bond donors (Lipinski definition) is 3. The van der Waals surface area contributed by atoms with E-state index in [0.29, 0.717) is 34.5 Å². The second-order valence-corrected chi connectivity index (χ2v) is 6.11. The van der Waals surface area contributed by atoms with Crippen molar-refractivity contribution in [2.75, 3.05) is 0 Å². The fourth-order valence-corrected chi connectivity index (χ4v) is 2.94. The van der Waals surface area contributed by atoms with Crippen LogP contribution in [0.5, 0.6) is 0 Å². The van der Waals surface area contributed by atoms with Crippen LogP contribution in [0.2, 0.25) is 0 Å². The van der Waals surface area contributed by atoms with Gasteiger partial charge >= 0.3 is 0 Å². The van der Waals surface area contributed by atoms with Crippen molar-refractivity contribution < 1.29 is 9.59 Å². The molecule has 0 bridgehead atoms. The van der Waals surface area contributed by atoms with Crippen LogP contribution in [-0.2, 0) is 6.54 Å². The standard InChI is InChI=1S/C20H18N6O2/c1-2-26-18-15(12-22-26)14(11-17(23-18)13-7-4-3-5-8-13)19(27)24-25-20(28)16-9-6-10-21-16/h3-12,21H,2H2,1H3,(H,24,27)(H,25,28). The molecule has 0 unspecified atom stereocenters. The quantitative estimate of drug-likeness (QED) is 0.477. The van der Waals surface area contributed by atoms with Crippen molar-refractivity contribution >= 4 is 22.8 Å². The van der Waals surface area contributed by atoms with E-state index in [2.05, 4.69) is 25.9 Å². The topological polar surface area (TPSA) is 105 Å². The Labute approximate surface area is 160 Å². The largest absolute Gasteiger partial charge is 0.357 e. The number of aromatic nitrogens is 4. The fraction of sp³-hybridized carbons (Fsp3) is 0.100. The van der Waals surface area contributed by atoms with Gasteiger partial charge in [0.05, 0.1) is 22.8 Å². The summed E-state index contributed by atoms with van der Waals surface area (Å²) < 4.78 is 1.73. The Morgan fingerprint density at radius 3 is 2.57 bits per heavy atom. The minimum Gasteiger partial charge on any atom is -0.357 e. The van der Waals surface area contributed by atoms with E-state index in [1.165, 1.54) is 0 Å². The number of pyridine rings is 1. The van der Waals surface area contributed by atoms with Crippen LogP contribution in [0, 0.1) is 0 Å². The number of H-pyrrole nitrogens is 1. The van der Waals surface area contributed by atoms with Crippen LogP contribution in [0.25, 0.3) is 22.3 Å². The van der Waals surface area contributed by atoms with Crippen LogP contribution >= 0.6 is 0 Å². The molecule has 4 rings (SSSR count). The molecule has 8 heteroatoms. The summed E-state index contributed by atoms with van der Waals surface area (Å²) in [7, 11) is 0. The van der Waals surface area contributed by atoms with Gasteiger partial charge in [-0.1, -0.05) is 30.3 Å². The summed E-state index contributed by atoms with van der Waals surface area (Å²) in [5, 5.41) is 4.93. The molecular formula is C20H18N6O2. The number of aryl methyl sites for hydroxylation is 1. The first-order valence-electron chi connectivity index (χ1n) is 8.83. The van der Waals surface area contributed by atoms with E-state index in [1.807, 2.05) is 37.3 Å². The van der Waals surface area contributed by atoms with Crippen molar-refractivity contribution in [2.24, 2.45) is 0 Å². The maximum absolute atomic E-state index is 12.8. The van der Waals surface area contributed by atoms with Gasteiger partial charge in [0.25, 0.3) is 11.8 Å². The summed E-state index contributed by atoms with van der Waals surface area (Å²) in [6.07, 6.45) is 3.25. The van der Waals surface area contributed by atoms with Gasteiger partial charge in [-0.25, -0.2) is 9.67 Å². The van der Waals surface area contributed by atoms with Gasteiger partial charge in [0.1, 0.15) is 5.69 Å². The number of hydrogen-bond acceptors (Lipinski definition) is 4. The Hall–Kier alpha value is -3.94. The number of benzene rings is 1. The summed E-state index contributed by atoms with van der Waals surface area (Å²) in [5.41, 5.74) is 7.77. The van der Waals surface area contributed by atoms with E-state index >= 15 is 0 Å². The van der Waals surface area contributed by atoms with Gasteiger partial charge in [-0.2, -0.15) is 5.10 Å². The predicted octanol–water partition coefficient (Wildman–Crippen LogP) is 2.52. The van der Waals surface area contributed by atoms with Gasteiger partial charge in [-0.3, -0.25) is 20.4 Å². The molecule has 8 nitrogen and oxygen atoms in total. The van der Waals surface area contributed by atoms with Crippen molar-refractivity contribution in [1.82, 2.24) is 30.6 Å². The van der Waals surface area contributed by atoms with Crippen LogP contribution in [0.4, 0.5) is 0 Å². The smallest absolute Gasteiger partial charge is 0.286 e. The molecule has 0 aliphatic carbocycles. The number of rotatable bonds is 4. The third-order valence-electron chi connectivity index (χ3n) is 4.36. The Kier molecular flexibility index (Phi) is 4.59. The van der Waals surface area contributed by atoms with Crippen LogP contribution in [0.3, 0.4) is 0 Å². The highest BCUT2D eigenvalue weighted by Crippen LogP contribution is 2.24. The maximum atomic E-state index is 12.8. The van der Waals surface area contributed by atoms with Crippen molar-refractivity contribution in [3.63, 3.8) is 0 Å². The molecule has 0 saturated carbocycles. The first-order chi connectivity index (χ1) is 13.7. The molecule has 0 radical (unpaired) electrons. The number of carbonyl (C=O) groups is 2. The molecule has 4 aromatic rings. The lowest BCUT2D eigenvalue weighted by atomic mass is 10.1. The fourth-order valence-electron chi connectivity index (χ4n) is 2.94. The highest BCUT2D eigenvalue weighted by molar-refractivity contribution is 6.07. The number of amides is 2. The normalized spacial score (nSPS) is 10.8. The average Bonchev–Trinajstić information content (AvgIpc) is 3.41. The first kappa shape index (κ1) is 17.5. The minimum absolute atomic E-state index is 0.351. The predicted molar refractivity (Wildman–Crippen MR) is 104 cm³/mol. The molecule has 0 aliphatic heterocycles. The minimum atomic E-state index is -0.444. The number of hydrazine groups is 1. The zero-order valence-electron chi connectivity index (χ0n) is 15.1. The molecule has 0 aliphatic rings. The highest BCUT2D eigenvalue weighted by Gasteiger charge is 2.18. The molecule has 0 fully saturated rings. The second kappa shape index (κ2) is 7.36. The van der Waals surface area contributed by atoms with Gasteiger partial charge < -0.3 is 4.98 Å². The molecule has 3 N–H and O–H groups in total. The third-order valence-corrected chi connectivity index (χ3v) is 4.36. The summed E-state index contributed by atoms with van der Waals surface area (Å²) >= 11 is 0. The van der Waals surface area contributed by atoms with Crippen LogP contribution in [-0.4, -0.2) is 31.6 Å². The SMILES string of the molecule is CCn1ncc2c(C(=O)NNC(=O)c3ccc[nH]3)cc(-c3ccccc3)nc21. The van der Waals surface area contributed by atoms with E-state index in [4.69, 9.17) is 0 Å². The van der Waals surface area contributed by atoms with Gasteiger partial charge in [0.15, 0.2) is 5.65 Å². The molecule has 3 heterocycles. The first-order valence-corrected chi connectivity index (χ1v) is 8.83. The Bertz CT molecular complexity index is 1130. The molecule has 0 atom stereocenters. The van der Waals surface area contributed by atoms with Crippen LogP contribution in [0.1, 0.15) is 27.8 Å². The van der Waals surface area contributed by atoms with Crippen LogP contribution < -0.4 is 10.9 Å². The van der Waals surface area contributed by atoms with Crippen molar-refractivity contribution in [2.45, 2.75) is 13.5 Å². The zero-order chi connectivity index (χ0) is 19.5. The van der Waals surface area contributed by atoms with E-state index in [0.717, 1.165) is 5.56 Å². The number of fused-ring (bicyclic) bond motifs is 1. The third kappa shape index (κ3) is 3.23. The lowest BCUT2D eigenvalue weighted by Gasteiger charge is -2.10. The summed E-state index contributed by atoms with van der Waals surface area (Å²) in [6, 6.07) is 14.6. The Morgan fingerprint density at radius 1 is 1.07 bits per heavy atom. The van der Waals surface area contributed by atoms with Gasteiger partial charge in [-0.05, 0) is 25.1 Å². The van der Waals surface area contributed by atoms with Crippen LogP contribution in [0.15, 0.2) is 60.9 Å². The van der Waals surface area contributed by atoms with Crippen molar-refractivity contribution in [3.8, 4) is 11.3 Å². The maximum Gasteiger partial charge on any atom is 0.286 e. The molecule has 1 aromatic carbocycles. The number of carbonyl (C=O) groups excluding carboxylic acids is 2. The van der Waals surface area contributed by atoms with Gasteiger partial charge in [0.2, 0.25) is 0 Å². The van der Waals surface area contributed by atoms with Crippen molar-refractivity contribution in [3.05, 3.63) is 72.2 Å². The lowest BCUT2D eigenvalue weighted by Crippen LogP contribution is -2.41. The number of aromatic amines is 1. The average molecular weight is 374 g/mol. The van der Waals surface area contributed by atoms with Gasteiger partial charge in [0, 0.05) is 18.3 Å². The highest BCUT2D eigenvalue weighted by atomic mass is 16.2. The zero-order valence-corrected chi connectivity index (χ0v) is 15.1. The second-order valence-electron chi connectivity index (χ2n) is 6.11. The summed E-state index contributed by atoms with van der Waals surface area (Å²) in [4.78, 5) is 32.3. The van der Waals surface area contributed by atoms with Crippen molar-refractivity contribution in [1.29, 1.82) is 0 Å². The number of nitrogens with one attached hydrogen (secondary N) is 3. The van der Waals surface area contributed by atoms with E-state index < -0.39 is 11.8 Å².